The molecule has 2 rings (SSSR count). The molecule has 3 atom stereocenters. The van der Waals surface area contributed by atoms with E-state index >= 15 is 0 Å². The smallest absolute Gasteiger partial charge is 0.0742 e. The molecule has 2 fully saturated rings. The van der Waals surface area contributed by atoms with E-state index in [4.69, 9.17) is 16.3 Å². The van der Waals surface area contributed by atoms with Gasteiger partial charge in [0.2, 0.25) is 0 Å². The van der Waals surface area contributed by atoms with Crippen LogP contribution in [0, 0.1) is 0 Å². The number of ether oxygens (including phenoxy) is 1. The normalized spacial score (nSPS) is 47.1. The number of hydrogen-bond donors (Lipinski definition) is 0. The van der Waals surface area contributed by atoms with Crippen LogP contribution in [0.2, 0.25) is 0 Å². The molecule has 58 valence electrons. The molecule has 0 spiro atoms. The second kappa shape index (κ2) is 2.71. The first-order valence-electron chi connectivity index (χ1n) is 4.16. The van der Waals surface area contributed by atoms with Crippen LogP contribution in [0.4, 0.5) is 0 Å². The quantitative estimate of drug-likeness (QED) is 0.495. The molecule has 10 heavy (non-hydrogen) atoms. The Bertz CT molecular complexity index is 124. The maximum atomic E-state index is 6.06. The molecule has 2 heterocycles. The maximum Gasteiger partial charge on any atom is 0.0742 e. The van der Waals surface area contributed by atoms with E-state index in [0.717, 1.165) is 6.42 Å². The lowest BCUT2D eigenvalue weighted by molar-refractivity contribution is -0.0797. The third-order valence-corrected chi connectivity index (χ3v) is 3.05. The third kappa shape index (κ3) is 1.17. The van der Waals surface area contributed by atoms with Crippen molar-refractivity contribution in [1.82, 2.24) is 0 Å². The van der Waals surface area contributed by atoms with Gasteiger partial charge in [0, 0.05) is 0 Å². The molecule has 0 amide bonds. The molecule has 2 aliphatic rings. The molecule has 0 saturated carbocycles. The van der Waals surface area contributed by atoms with Crippen LogP contribution in [0.1, 0.15) is 32.1 Å². The lowest BCUT2D eigenvalue weighted by Crippen LogP contribution is -2.39. The molecule has 2 saturated heterocycles. The first-order valence-corrected chi connectivity index (χ1v) is 4.59. The fourth-order valence-electron chi connectivity index (χ4n) is 1.94. The van der Waals surface area contributed by atoms with E-state index in [0.29, 0.717) is 17.6 Å². The van der Waals surface area contributed by atoms with Gasteiger partial charge in [-0.15, -0.1) is 11.6 Å². The predicted octanol–water partition coefficient (Wildman–Crippen LogP) is 2.33. The van der Waals surface area contributed by atoms with Crippen LogP contribution in [-0.2, 0) is 4.74 Å². The van der Waals surface area contributed by atoms with Gasteiger partial charge in [-0.3, -0.25) is 0 Å². The van der Waals surface area contributed by atoms with Gasteiger partial charge in [-0.05, 0) is 32.1 Å². The van der Waals surface area contributed by atoms with Crippen molar-refractivity contribution in [2.45, 2.75) is 49.7 Å². The fraction of sp³-hybridized carbons (Fsp3) is 1.00. The molecule has 0 aliphatic carbocycles. The van der Waals surface area contributed by atoms with E-state index in [9.17, 15) is 0 Å². The van der Waals surface area contributed by atoms with E-state index in [1.807, 2.05) is 0 Å². The molecule has 0 aromatic heterocycles. The van der Waals surface area contributed by atoms with Gasteiger partial charge in [-0.25, -0.2) is 0 Å². The van der Waals surface area contributed by atoms with E-state index < -0.39 is 0 Å². The summed E-state index contributed by atoms with van der Waals surface area (Å²) in [5.41, 5.74) is 0. The fourth-order valence-corrected chi connectivity index (χ4v) is 2.25. The first-order chi connectivity index (χ1) is 4.86. The summed E-state index contributed by atoms with van der Waals surface area (Å²) in [5, 5.41) is 0.302. The molecule has 0 aromatic carbocycles. The Kier molecular flexibility index (Phi) is 1.88. The van der Waals surface area contributed by atoms with Crippen molar-refractivity contribution in [1.29, 1.82) is 0 Å². The van der Waals surface area contributed by atoms with Crippen molar-refractivity contribution < 1.29 is 4.74 Å². The molecule has 2 bridgehead atoms. The topological polar surface area (TPSA) is 9.23 Å². The second-order valence-electron chi connectivity index (χ2n) is 3.32. The Hall–Kier alpha value is 0.250. The highest BCUT2D eigenvalue weighted by Crippen LogP contribution is 2.33. The van der Waals surface area contributed by atoms with Crippen LogP contribution in [0.25, 0.3) is 0 Å². The Labute approximate surface area is 66.7 Å². The van der Waals surface area contributed by atoms with Crippen LogP contribution in [-0.4, -0.2) is 17.6 Å². The highest BCUT2D eigenvalue weighted by Gasteiger charge is 2.32. The summed E-state index contributed by atoms with van der Waals surface area (Å²) in [6.45, 7) is 0. The van der Waals surface area contributed by atoms with Gasteiger partial charge in [0.1, 0.15) is 0 Å². The molecule has 0 radical (unpaired) electrons. The predicted molar refractivity (Wildman–Crippen MR) is 41.4 cm³/mol. The van der Waals surface area contributed by atoms with Crippen LogP contribution in [0.3, 0.4) is 0 Å². The van der Waals surface area contributed by atoms with Crippen LogP contribution >= 0.6 is 11.6 Å². The standard InChI is InChI=1S/C8H13ClO/c9-7-5-4-6-2-1-3-8(7)10-6/h6-8H,1-5H2. The SMILES string of the molecule is ClC1CCC2CCCC1O2. The van der Waals surface area contributed by atoms with Gasteiger partial charge >= 0.3 is 0 Å². The molecular weight excluding hydrogens is 148 g/mol. The summed E-state index contributed by atoms with van der Waals surface area (Å²) in [6.07, 6.45) is 7.05. The molecule has 2 heteroatoms. The Morgan fingerprint density at radius 3 is 2.80 bits per heavy atom. The summed E-state index contributed by atoms with van der Waals surface area (Å²) in [6, 6.07) is 0. The number of alkyl halides is 1. The van der Waals surface area contributed by atoms with Gasteiger partial charge in [-0.2, -0.15) is 0 Å². The minimum atomic E-state index is 0.302. The average Bonchev–Trinajstić information content (AvgIpc) is 1.99. The Balaban J connectivity index is 2.00. The number of hydrogen-bond acceptors (Lipinski definition) is 1. The summed E-state index contributed by atoms with van der Waals surface area (Å²) in [4.78, 5) is 0. The minimum Gasteiger partial charge on any atom is -0.373 e. The third-order valence-electron chi connectivity index (χ3n) is 2.55. The van der Waals surface area contributed by atoms with Crippen molar-refractivity contribution in [2.75, 3.05) is 0 Å². The van der Waals surface area contributed by atoms with Crippen molar-refractivity contribution >= 4 is 11.6 Å². The molecule has 2 aliphatic heterocycles. The molecule has 1 nitrogen and oxygen atoms in total. The summed E-state index contributed by atoms with van der Waals surface area (Å²) >= 11 is 6.06. The lowest BCUT2D eigenvalue weighted by Gasteiger charge is -2.37. The summed E-state index contributed by atoms with van der Waals surface area (Å²) in [5.74, 6) is 0. The summed E-state index contributed by atoms with van der Waals surface area (Å²) in [7, 11) is 0. The second-order valence-corrected chi connectivity index (χ2v) is 3.88. The van der Waals surface area contributed by atoms with E-state index in [1.165, 1.54) is 25.7 Å². The molecular formula is C8H13ClO. The highest BCUT2D eigenvalue weighted by atomic mass is 35.5. The first kappa shape index (κ1) is 6.93. The minimum absolute atomic E-state index is 0.302. The van der Waals surface area contributed by atoms with Gasteiger partial charge < -0.3 is 4.74 Å². The van der Waals surface area contributed by atoms with Crippen molar-refractivity contribution in [3.8, 4) is 0 Å². The molecule has 0 N–H and O–H groups in total. The van der Waals surface area contributed by atoms with Gasteiger partial charge in [0.05, 0.1) is 17.6 Å². The van der Waals surface area contributed by atoms with Crippen molar-refractivity contribution in [2.24, 2.45) is 0 Å². The van der Waals surface area contributed by atoms with Gasteiger partial charge in [-0.1, -0.05) is 0 Å². The van der Waals surface area contributed by atoms with Crippen LogP contribution < -0.4 is 0 Å². The molecule has 3 unspecified atom stereocenters. The van der Waals surface area contributed by atoms with Gasteiger partial charge in [0.25, 0.3) is 0 Å². The monoisotopic (exact) mass is 160 g/mol. The van der Waals surface area contributed by atoms with E-state index in [1.54, 1.807) is 0 Å². The summed E-state index contributed by atoms with van der Waals surface area (Å²) < 4.78 is 5.70. The van der Waals surface area contributed by atoms with Crippen LogP contribution in [0.15, 0.2) is 0 Å². The lowest BCUT2D eigenvalue weighted by atomic mass is 9.92. The zero-order chi connectivity index (χ0) is 6.97. The Morgan fingerprint density at radius 1 is 1.10 bits per heavy atom. The zero-order valence-corrected chi connectivity index (χ0v) is 6.81. The van der Waals surface area contributed by atoms with E-state index in [2.05, 4.69) is 0 Å². The number of rotatable bonds is 0. The largest absolute Gasteiger partial charge is 0.373 e. The number of fused-ring (bicyclic) bond motifs is 2. The Morgan fingerprint density at radius 2 is 2.00 bits per heavy atom. The average molecular weight is 161 g/mol. The number of halogens is 1. The zero-order valence-electron chi connectivity index (χ0n) is 6.05. The highest BCUT2D eigenvalue weighted by molar-refractivity contribution is 6.21. The van der Waals surface area contributed by atoms with E-state index in [-0.39, 0.29) is 0 Å². The molecule has 0 aromatic rings. The maximum absolute atomic E-state index is 6.06. The van der Waals surface area contributed by atoms with Crippen molar-refractivity contribution in [3.05, 3.63) is 0 Å². The van der Waals surface area contributed by atoms with Crippen molar-refractivity contribution in [3.63, 3.8) is 0 Å². The van der Waals surface area contributed by atoms with Gasteiger partial charge in [0.15, 0.2) is 0 Å². The van der Waals surface area contributed by atoms with Crippen LogP contribution in [0.5, 0.6) is 0 Å².